The first kappa shape index (κ1) is 33.0. The summed E-state index contributed by atoms with van der Waals surface area (Å²) in [6, 6.07) is 17.8. The largest absolute Gasteiger partial charge is 0.481 e. The molecule has 0 radical (unpaired) electrons. The summed E-state index contributed by atoms with van der Waals surface area (Å²) < 4.78 is 14.4. The van der Waals surface area contributed by atoms with Gasteiger partial charge in [-0.15, -0.1) is 22.7 Å². The average molecular weight is 719 g/mol. The van der Waals surface area contributed by atoms with Crippen molar-refractivity contribution in [2.75, 3.05) is 0 Å². The lowest BCUT2D eigenvalue weighted by Gasteiger charge is -2.45. The fraction of sp³-hybridized carbons (Fsp3) is 0.409. The Morgan fingerprint density at radius 1 is 0.519 bits per heavy atom. The van der Waals surface area contributed by atoms with Crippen LogP contribution in [0.3, 0.4) is 0 Å². The van der Waals surface area contributed by atoms with E-state index in [9.17, 15) is 21.0 Å². The third-order valence-corrected chi connectivity index (χ3v) is 14.6. The Morgan fingerprint density at radius 3 is 1.31 bits per heavy atom. The summed E-state index contributed by atoms with van der Waals surface area (Å²) in [6.45, 7) is 0. The molecule has 2 aromatic heterocycles. The summed E-state index contributed by atoms with van der Waals surface area (Å²) in [5.74, 6) is 1.92. The second-order valence-electron chi connectivity index (χ2n) is 15.2. The van der Waals surface area contributed by atoms with Crippen LogP contribution in [0.4, 0.5) is 0 Å². The van der Waals surface area contributed by atoms with E-state index in [-0.39, 0.29) is 22.3 Å². The molecule has 2 saturated carbocycles. The van der Waals surface area contributed by atoms with Crippen LogP contribution in [0, 0.1) is 45.3 Å². The van der Waals surface area contributed by atoms with Gasteiger partial charge in [0.15, 0.2) is 0 Å². The van der Waals surface area contributed by atoms with E-state index < -0.39 is 0 Å². The second kappa shape index (κ2) is 13.0. The molecule has 1 aromatic carbocycles. The monoisotopic (exact) mass is 718 g/mol. The first-order chi connectivity index (χ1) is 25.5. The number of nitrogens with zero attached hydrogens (tertiary/aromatic N) is 4. The number of rotatable bonds is 2. The van der Waals surface area contributed by atoms with Gasteiger partial charge in [-0.25, -0.2) is 0 Å². The number of allylic oxidation sites excluding steroid dienone is 8. The number of ether oxygens (including phenoxy) is 2. The molecule has 2 spiro atoms. The Bertz CT molecular complexity index is 2130. The number of nitriles is 4. The first-order valence-electron chi connectivity index (χ1n) is 18.8. The van der Waals surface area contributed by atoms with Crippen LogP contribution in [0.15, 0.2) is 58.7 Å². The molecule has 9 rings (SSSR count). The Kier molecular flexibility index (Phi) is 8.23. The van der Waals surface area contributed by atoms with Crippen molar-refractivity contribution >= 4 is 33.8 Å². The zero-order valence-corrected chi connectivity index (χ0v) is 30.8. The van der Waals surface area contributed by atoms with Crippen LogP contribution in [0.1, 0.15) is 124 Å². The molecular formula is C44H38N4O2S2. The van der Waals surface area contributed by atoms with E-state index in [0.717, 1.165) is 122 Å². The predicted molar refractivity (Wildman–Crippen MR) is 204 cm³/mol. The third-order valence-electron chi connectivity index (χ3n) is 12.2. The summed E-state index contributed by atoms with van der Waals surface area (Å²) >= 11 is 3.57. The lowest BCUT2D eigenvalue weighted by molar-refractivity contribution is 0.0205. The highest BCUT2D eigenvalue weighted by Crippen LogP contribution is 2.61. The highest BCUT2D eigenvalue weighted by atomic mass is 32.1. The molecule has 6 nitrogen and oxygen atoms in total. The molecule has 0 amide bonds. The van der Waals surface area contributed by atoms with Crippen molar-refractivity contribution < 1.29 is 9.47 Å². The van der Waals surface area contributed by atoms with Gasteiger partial charge < -0.3 is 9.47 Å². The van der Waals surface area contributed by atoms with Gasteiger partial charge in [0.1, 0.15) is 58.1 Å². The topological polar surface area (TPSA) is 114 Å². The minimum absolute atomic E-state index is 0.215. The molecule has 6 aliphatic rings. The number of hydrogen-bond acceptors (Lipinski definition) is 8. The Labute approximate surface area is 313 Å². The van der Waals surface area contributed by atoms with Crippen molar-refractivity contribution in [2.24, 2.45) is 0 Å². The minimum atomic E-state index is -0.385. The zero-order valence-electron chi connectivity index (χ0n) is 29.2. The SMILES string of the molecule is N#CC(C#N)=C1C=C(c2cc3c(s2)-c2cc4c(cc2C2(CCCCC2)O3)-c2sc(C3=CC(=C(C#N)C#N)CCC3)cc2OC42CCCCC2)CCC1. The van der Waals surface area contributed by atoms with E-state index in [2.05, 4.69) is 60.7 Å². The lowest BCUT2D eigenvalue weighted by Crippen LogP contribution is -2.40. The predicted octanol–water partition coefficient (Wildman–Crippen LogP) is 12.1. The van der Waals surface area contributed by atoms with Crippen LogP contribution in [-0.4, -0.2) is 0 Å². The molecule has 2 fully saturated rings. The number of fused-ring (bicyclic) bond motifs is 8. The van der Waals surface area contributed by atoms with Gasteiger partial charge in [-0.2, -0.15) is 21.0 Å². The van der Waals surface area contributed by atoms with Crippen LogP contribution in [-0.2, 0) is 11.2 Å². The Hall–Kier alpha value is -4.86. The van der Waals surface area contributed by atoms with Crippen LogP contribution in [0.5, 0.6) is 11.5 Å². The maximum absolute atomic E-state index is 9.59. The molecule has 258 valence electrons. The molecule has 3 aromatic rings. The summed E-state index contributed by atoms with van der Waals surface area (Å²) in [4.78, 5) is 4.66. The summed E-state index contributed by atoms with van der Waals surface area (Å²) in [5, 5.41) is 38.3. The van der Waals surface area contributed by atoms with Crippen molar-refractivity contribution in [1.82, 2.24) is 0 Å². The molecule has 4 aliphatic carbocycles. The quantitative estimate of drug-likeness (QED) is 0.244. The minimum Gasteiger partial charge on any atom is -0.481 e. The Morgan fingerprint density at radius 2 is 0.923 bits per heavy atom. The van der Waals surface area contributed by atoms with Crippen LogP contribution >= 0.6 is 22.7 Å². The van der Waals surface area contributed by atoms with Gasteiger partial charge in [-0.1, -0.05) is 25.0 Å². The molecule has 8 heteroatoms. The van der Waals surface area contributed by atoms with Gasteiger partial charge >= 0.3 is 0 Å². The molecule has 0 bridgehead atoms. The first-order valence-corrected chi connectivity index (χ1v) is 20.5. The number of thiophene rings is 2. The highest BCUT2D eigenvalue weighted by molar-refractivity contribution is 7.17. The molecule has 0 atom stereocenters. The second-order valence-corrected chi connectivity index (χ2v) is 17.3. The summed E-state index contributed by atoms with van der Waals surface area (Å²) in [6.07, 6.45) is 20.2. The van der Waals surface area contributed by atoms with E-state index >= 15 is 0 Å². The van der Waals surface area contributed by atoms with Gasteiger partial charge in [0.2, 0.25) is 0 Å². The lowest BCUT2D eigenvalue weighted by atomic mass is 9.71. The maximum Gasteiger partial charge on any atom is 0.139 e. The molecule has 0 N–H and O–H groups in total. The standard InChI is InChI=1S/C44H38N4O2S2/c45-23-31(24-46)27-9-7-11-29(17-27)39-21-37-41(51-39)33-20-36-34(19-35(33)43(49-37)13-3-1-4-14-43)42-38(50-44(36)15-5-2-6-16-44)22-40(52-42)30-12-8-10-28(18-30)32(25-47)26-48/h17-22H,1-16H2. The summed E-state index contributed by atoms with van der Waals surface area (Å²) in [5.41, 5.74) is 8.84. The van der Waals surface area contributed by atoms with Crippen molar-refractivity contribution in [3.63, 3.8) is 0 Å². The molecule has 0 unspecified atom stereocenters. The molecule has 52 heavy (non-hydrogen) atoms. The molecular weight excluding hydrogens is 681 g/mol. The van der Waals surface area contributed by atoms with Gasteiger partial charge in [-0.3, -0.25) is 0 Å². The number of benzene rings is 1. The van der Waals surface area contributed by atoms with E-state index in [1.807, 2.05) is 0 Å². The van der Waals surface area contributed by atoms with Gasteiger partial charge in [0.25, 0.3) is 0 Å². The zero-order chi connectivity index (χ0) is 35.5. The fourth-order valence-electron chi connectivity index (χ4n) is 9.61. The van der Waals surface area contributed by atoms with Gasteiger partial charge in [-0.05, 0) is 136 Å². The van der Waals surface area contributed by atoms with Crippen LogP contribution in [0.25, 0.3) is 32.0 Å². The van der Waals surface area contributed by atoms with E-state index in [1.54, 1.807) is 22.7 Å². The molecule has 0 saturated heterocycles. The fourth-order valence-corrected chi connectivity index (χ4v) is 11.9. The Balaban J connectivity index is 1.22. The third kappa shape index (κ3) is 5.27. The van der Waals surface area contributed by atoms with Crippen molar-refractivity contribution in [3.8, 4) is 56.7 Å². The normalized spacial score (nSPS) is 20.5. The van der Waals surface area contributed by atoms with Crippen molar-refractivity contribution in [3.05, 3.63) is 79.6 Å². The molecule has 4 heterocycles. The molecule has 2 aliphatic heterocycles. The van der Waals surface area contributed by atoms with Crippen LogP contribution in [0.2, 0.25) is 0 Å². The summed E-state index contributed by atoms with van der Waals surface area (Å²) in [7, 11) is 0. The number of hydrogen-bond donors (Lipinski definition) is 0. The maximum atomic E-state index is 9.59. The van der Waals surface area contributed by atoms with Crippen molar-refractivity contribution in [2.45, 2.75) is 114 Å². The highest BCUT2D eigenvalue weighted by Gasteiger charge is 2.48. The van der Waals surface area contributed by atoms with Gasteiger partial charge in [0.05, 0.1) is 9.75 Å². The van der Waals surface area contributed by atoms with E-state index in [4.69, 9.17) is 9.47 Å². The van der Waals surface area contributed by atoms with E-state index in [1.165, 1.54) is 56.0 Å². The smallest absolute Gasteiger partial charge is 0.139 e. The van der Waals surface area contributed by atoms with E-state index in [0.29, 0.717) is 0 Å². The average Bonchev–Trinajstić information content (AvgIpc) is 3.81. The van der Waals surface area contributed by atoms with Crippen molar-refractivity contribution in [1.29, 1.82) is 21.0 Å². The van der Waals surface area contributed by atoms with Gasteiger partial charge in [0, 0.05) is 32.0 Å². The van der Waals surface area contributed by atoms with Crippen LogP contribution < -0.4 is 9.47 Å².